The summed E-state index contributed by atoms with van der Waals surface area (Å²) in [7, 11) is -3.27. The number of halogens is 1. The van der Waals surface area contributed by atoms with E-state index in [2.05, 4.69) is 18.6 Å². The lowest BCUT2D eigenvalue weighted by molar-refractivity contribution is 0.391. The van der Waals surface area contributed by atoms with Gasteiger partial charge < -0.3 is 0 Å². The van der Waals surface area contributed by atoms with Gasteiger partial charge >= 0.3 is 0 Å². The highest BCUT2D eigenvalue weighted by molar-refractivity contribution is 7.90. The Bertz CT molecular complexity index is 224. The SMILES string of the molecule is CCC(CC)C(C)NS(=O)(=O)CCl. The molecule has 0 heterocycles. The second-order valence-corrected chi connectivity index (χ2v) is 5.55. The fraction of sp³-hybridized carbons (Fsp3) is 1.00. The van der Waals surface area contributed by atoms with Gasteiger partial charge in [0, 0.05) is 6.04 Å². The van der Waals surface area contributed by atoms with Crippen LogP contribution in [0.5, 0.6) is 0 Å². The van der Waals surface area contributed by atoms with Crippen LogP contribution in [-0.4, -0.2) is 19.7 Å². The number of hydrogen-bond acceptors (Lipinski definition) is 2. The van der Waals surface area contributed by atoms with Gasteiger partial charge in [0.25, 0.3) is 0 Å². The van der Waals surface area contributed by atoms with Crippen molar-refractivity contribution in [3.8, 4) is 0 Å². The predicted molar refractivity (Wildman–Crippen MR) is 56.3 cm³/mol. The standard InChI is InChI=1S/C8H18ClNO2S/c1-4-8(5-2)7(3)10-13(11,12)6-9/h7-8,10H,4-6H2,1-3H3. The molecule has 0 aliphatic carbocycles. The Morgan fingerprint density at radius 3 is 2.08 bits per heavy atom. The minimum absolute atomic E-state index is 0.0289. The van der Waals surface area contributed by atoms with E-state index in [4.69, 9.17) is 11.6 Å². The molecule has 1 atom stereocenters. The van der Waals surface area contributed by atoms with E-state index in [1.165, 1.54) is 0 Å². The zero-order valence-corrected chi connectivity index (χ0v) is 9.95. The highest BCUT2D eigenvalue weighted by Crippen LogP contribution is 2.13. The van der Waals surface area contributed by atoms with Gasteiger partial charge in [0.15, 0.2) is 0 Å². The molecule has 0 aromatic heterocycles. The highest BCUT2D eigenvalue weighted by Gasteiger charge is 2.18. The molecule has 0 aliphatic rings. The van der Waals surface area contributed by atoms with E-state index in [-0.39, 0.29) is 11.3 Å². The number of alkyl halides is 1. The minimum atomic E-state index is -3.27. The number of rotatable bonds is 6. The smallest absolute Gasteiger partial charge is 0.211 e. The zero-order valence-electron chi connectivity index (χ0n) is 8.38. The Balaban J connectivity index is 4.21. The molecule has 0 spiro atoms. The molecule has 0 aliphatic heterocycles. The third-order valence-corrected chi connectivity index (χ3v) is 4.14. The van der Waals surface area contributed by atoms with Crippen LogP contribution >= 0.6 is 11.6 Å². The van der Waals surface area contributed by atoms with Crippen molar-refractivity contribution in [3.05, 3.63) is 0 Å². The van der Waals surface area contributed by atoms with Crippen molar-refractivity contribution in [2.75, 3.05) is 5.21 Å². The maximum atomic E-state index is 11.1. The first-order chi connectivity index (χ1) is 5.96. The summed E-state index contributed by atoms with van der Waals surface area (Å²) >= 11 is 5.28. The second kappa shape index (κ2) is 5.83. The summed E-state index contributed by atoms with van der Waals surface area (Å²) in [5.74, 6) is 0.387. The van der Waals surface area contributed by atoms with E-state index < -0.39 is 10.0 Å². The summed E-state index contributed by atoms with van der Waals surface area (Å²) in [4.78, 5) is 0. The van der Waals surface area contributed by atoms with Gasteiger partial charge in [-0.3, -0.25) is 0 Å². The molecule has 0 aromatic rings. The summed E-state index contributed by atoms with van der Waals surface area (Å²) in [5.41, 5.74) is 0. The van der Waals surface area contributed by atoms with Crippen LogP contribution in [0.15, 0.2) is 0 Å². The fourth-order valence-electron chi connectivity index (χ4n) is 1.41. The first-order valence-corrected chi connectivity index (χ1v) is 6.71. The Kier molecular flexibility index (Phi) is 5.92. The summed E-state index contributed by atoms with van der Waals surface area (Å²) < 4.78 is 24.8. The maximum absolute atomic E-state index is 11.1. The van der Waals surface area contributed by atoms with Crippen molar-refractivity contribution in [1.29, 1.82) is 0 Å². The molecule has 1 unspecified atom stereocenters. The van der Waals surface area contributed by atoms with Crippen molar-refractivity contribution < 1.29 is 8.42 Å². The Morgan fingerprint density at radius 1 is 1.31 bits per heavy atom. The van der Waals surface area contributed by atoms with Crippen molar-refractivity contribution in [2.45, 2.75) is 39.7 Å². The van der Waals surface area contributed by atoms with Crippen LogP contribution in [0.2, 0.25) is 0 Å². The van der Waals surface area contributed by atoms with Crippen molar-refractivity contribution in [1.82, 2.24) is 4.72 Å². The summed E-state index contributed by atoms with van der Waals surface area (Å²) in [5, 5.41) is -0.364. The molecular weight excluding hydrogens is 210 g/mol. The molecular formula is C8H18ClNO2S. The Labute approximate surface area is 85.9 Å². The average molecular weight is 228 g/mol. The predicted octanol–water partition coefficient (Wildman–Crippen LogP) is 1.93. The molecule has 0 fully saturated rings. The molecule has 0 saturated heterocycles. The summed E-state index contributed by atoms with van der Waals surface area (Å²) in [6.07, 6.45) is 1.95. The third kappa shape index (κ3) is 4.84. The van der Waals surface area contributed by atoms with E-state index in [1.54, 1.807) is 0 Å². The molecule has 0 bridgehead atoms. The van der Waals surface area contributed by atoms with Crippen molar-refractivity contribution in [3.63, 3.8) is 0 Å². The van der Waals surface area contributed by atoms with Crippen LogP contribution in [-0.2, 0) is 10.0 Å². The van der Waals surface area contributed by atoms with E-state index in [1.807, 2.05) is 6.92 Å². The van der Waals surface area contributed by atoms with Crippen LogP contribution in [0, 0.1) is 5.92 Å². The first-order valence-electron chi connectivity index (χ1n) is 4.52. The lowest BCUT2D eigenvalue weighted by atomic mass is 9.96. The van der Waals surface area contributed by atoms with E-state index in [9.17, 15) is 8.42 Å². The average Bonchev–Trinajstić information content (AvgIpc) is 2.06. The van der Waals surface area contributed by atoms with E-state index in [0.29, 0.717) is 5.92 Å². The van der Waals surface area contributed by atoms with Crippen LogP contribution in [0.3, 0.4) is 0 Å². The summed E-state index contributed by atoms with van der Waals surface area (Å²) in [6.45, 7) is 5.99. The summed E-state index contributed by atoms with van der Waals surface area (Å²) in [6, 6.07) is -0.0289. The zero-order chi connectivity index (χ0) is 10.5. The van der Waals surface area contributed by atoms with Crippen LogP contribution < -0.4 is 4.72 Å². The largest absolute Gasteiger partial charge is 0.225 e. The molecule has 0 saturated carbocycles. The van der Waals surface area contributed by atoms with Crippen molar-refractivity contribution >= 4 is 21.6 Å². The molecule has 5 heteroatoms. The van der Waals surface area contributed by atoms with Gasteiger partial charge in [0.05, 0.1) is 0 Å². The van der Waals surface area contributed by atoms with E-state index >= 15 is 0 Å². The van der Waals surface area contributed by atoms with Gasteiger partial charge in [-0.2, -0.15) is 0 Å². The molecule has 80 valence electrons. The molecule has 0 radical (unpaired) electrons. The van der Waals surface area contributed by atoms with Gasteiger partial charge in [-0.05, 0) is 12.8 Å². The fourth-order valence-corrected chi connectivity index (χ4v) is 2.42. The van der Waals surface area contributed by atoms with Crippen molar-refractivity contribution in [2.24, 2.45) is 5.92 Å². The monoisotopic (exact) mass is 227 g/mol. The maximum Gasteiger partial charge on any atom is 0.225 e. The van der Waals surface area contributed by atoms with Gasteiger partial charge in [-0.25, -0.2) is 13.1 Å². The lowest BCUT2D eigenvalue weighted by Gasteiger charge is -2.21. The van der Waals surface area contributed by atoms with Gasteiger partial charge in [-0.15, -0.1) is 11.6 Å². The number of sulfonamides is 1. The quantitative estimate of drug-likeness (QED) is 0.705. The number of nitrogens with one attached hydrogen (secondary N) is 1. The van der Waals surface area contributed by atoms with Crippen LogP contribution in [0.25, 0.3) is 0 Å². The Hall–Kier alpha value is 0.200. The lowest BCUT2D eigenvalue weighted by Crippen LogP contribution is -2.38. The first kappa shape index (κ1) is 13.2. The molecule has 0 rings (SSSR count). The molecule has 1 N–H and O–H groups in total. The van der Waals surface area contributed by atoms with Crippen LogP contribution in [0.1, 0.15) is 33.6 Å². The highest BCUT2D eigenvalue weighted by atomic mass is 35.5. The normalized spacial score (nSPS) is 14.8. The minimum Gasteiger partial charge on any atom is -0.211 e. The number of hydrogen-bond donors (Lipinski definition) is 1. The van der Waals surface area contributed by atoms with Crippen LogP contribution in [0.4, 0.5) is 0 Å². The second-order valence-electron chi connectivity index (χ2n) is 3.21. The molecule has 3 nitrogen and oxygen atoms in total. The van der Waals surface area contributed by atoms with Gasteiger partial charge in [-0.1, -0.05) is 26.7 Å². The van der Waals surface area contributed by atoms with Gasteiger partial charge in [0.1, 0.15) is 5.21 Å². The molecule has 13 heavy (non-hydrogen) atoms. The topological polar surface area (TPSA) is 46.2 Å². The third-order valence-electron chi connectivity index (χ3n) is 2.26. The van der Waals surface area contributed by atoms with E-state index in [0.717, 1.165) is 12.8 Å². The molecule has 0 amide bonds. The Morgan fingerprint density at radius 2 is 1.77 bits per heavy atom. The molecule has 0 aromatic carbocycles. The van der Waals surface area contributed by atoms with Gasteiger partial charge in [0.2, 0.25) is 10.0 Å².